The Kier molecular flexibility index (Phi) is 6.73. The molecule has 0 bridgehead atoms. The molecule has 0 heterocycles. The average Bonchev–Trinajstić information content (AvgIpc) is 2.64. The molecule has 2 aromatic carbocycles. The van der Waals surface area contributed by atoms with Crippen LogP contribution in [0.5, 0.6) is 11.5 Å². The fourth-order valence-electron chi connectivity index (χ4n) is 2.31. The summed E-state index contributed by atoms with van der Waals surface area (Å²) in [6.45, 7) is 0. The lowest BCUT2D eigenvalue weighted by Gasteiger charge is -2.13. The van der Waals surface area contributed by atoms with Crippen LogP contribution in [-0.4, -0.2) is 33.2 Å². The maximum atomic E-state index is 13.9. The second-order valence-corrected chi connectivity index (χ2v) is 6.18. The highest BCUT2D eigenvalue weighted by Crippen LogP contribution is 2.33. The molecule has 0 fully saturated rings. The quantitative estimate of drug-likeness (QED) is 0.688. The Morgan fingerprint density at radius 2 is 1.63 bits per heavy atom. The summed E-state index contributed by atoms with van der Waals surface area (Å²) in [6.07, 6.45) is -0.134. The molecule has 0 aliphatic rings. The van der Waals surface area contributed by atoms with Gasteiger partial charge in [0.05, 0.1) is 39.0 Å². The molecule has 1 amide bonds. The van der Waals surface area contributed by atoms with E-state index in [1.165, 1.54) is 14.2 Å². The van der Waals surface area contributed by atoms with Gasteiger partial charge in [-0.1, -0.05) is 15.9 Å². The van der Waals surface area contributed by atoms with Gasteiger partial charge in [-0.25, -0.2) is 13.6 Å². The van der Waals surface area contributed by atoms with Crippen molar-refractivity contribution in [3.8, 4) is 11.5 Å². The van der Waals surface area contributed by atoms with Gasteiger partial charge in [-0.05, 0) is 23.8 Å². The van der Waals surface area contributed by atoms with E-state index in [2.05, 4.69) is 26.0 Å². The molecule has 0 saturated heterocycles. The van der Waals surface area contributed by atoms with Gasteiger partial charge < -0.3 is 19.5 Å². The third-order valence-corrected chi connectivity index (χ3v) is 4.38. The summed E-state index contributed by atoms with van der Waals surface area (Å²) in [5.41, 5.74) is -0.263. The van der Waals surface area contributed by atoms with Gasteiger partial charge in [0.1, 0.15) is 11.6 Å². The molecule has 0 aliphatic carbocycles. The van der Waals surface area contributed by atoms with Crippen molar-refractivity contribution in [3.05, 3.63) is 51.5 Å². The third kappa shape index (κ3) is 4.73. The van der Waals surface area contributed by atoms with Gasteiger partial charge in [0.15, 0.2) is 11.5 Å². The number of hydrogen-bond donors (Lipinski definition) is 1. The van der Waals surface area contributed by atoms with Crippen molar-refractivity contribution < 1.29 is 32.6 Å². The van der Waals surface area contributed by atoms with Crippen LogP contribution in [0.3, 0.4) is 0 Å². The summed E-state index contributed by atoms with van der Waals surface area (Å²) in [7, 11) is 4.00. The van der Waals surface area contributed by atoms with Crippen molar-refractivity contribution in [1.82, 2.24) is 0 Å². The third-order valence-electron chi connectivity index (χ3n) is 3.64. The molecule has 6 nitrogen and oxygen atoms in total. The highest BCUT2D eigenvalue weighted by molar-refractivity contribution is 9.10. The van der Waals surface area contributed by atoms with Crippen LogP contribution in [0.15, 0.2) is 28.7 Å². The highest BCUT2D eigenvalue weighted by atomic mass is 79.9. The summed E-state index contributed by atoms with van der Waals surface area (Å²) in [5, 5.41) is 2.32. The second kappa shape index (κ2) is 8.81. The van der Waals surface area contributed by atoms with E-state index in [4.69, 9.17) is 9.47 Å². The molecule has 27 heavy (non-hydrogen) atoms. The minimum absolute atomic E-state index is 0.134. The molecule has 0 aliphatic heterocycles. The highest BCUT2D eigenvalue weighted by Gasteiger charge is 2.19. The zero-order chi connectivity index (χ0) is 20.1. The Labute approximate surface area is 162 Å². The number of halogens is 3. The average molecular weight is 444 g/mol. The first-order valence-electron chi connectivity index (χ1n) is 7.58. The van der Waals surface area contributed by atoms with Crippen molar-refractivity contribution in [3.63, 3.8) is 0 Å². The Morgan fingerprint density at radius 3 is 2.22 bits per heavy atom. The van der Waals surface area contributed by atoms with Crippen LogP contribution >= 0.6 is 15.9 Å². The molecule has 0 aromatic heterocycles. The van der Waals surface area contributed by atoms with Gasteiger partial charge in [-0.2, -0.15) is 0 Å². The SMILES string of the molecule is COC(=O)c1cc(NC(=O)Cc2cc(OC)c(OC)cc2Br)c(F)cc1F. The molecule has 0 spiro atoms. The topological polar surface area (TPSA) is 73.9 Å². The van der Waals surface area contributed by atoms with Gasteiger partial charge in [0.25, 0.3) is 0 Å². The molecular weight excluding hydrogens is 428 g/mol. The molecule has 9 heteroatoms. The van der Waals surface area contributed by atoms with E-state index in [-0.39, 0.29) is 12.1 Å². The molecule has 2 rings (SSSR count). The standard InChI is InChI=1S/C18H16BrF2NO5/c1-25-15-4-9(11(19)7-16(15)26-2)5-17(23)22-14-6-10(18(24)27-3)12(20)8-13(14)21/h4,6-8H,5H2,1-3H3,(H,22,23). The van der Waals surface area contributed by atoms with E-state index in [1.54, 1.807) is 12.1 Å². The van der Waals surface area contributed by atoms with E-state index in [1.807, 2.05) is 0 Å². The van der Waals surface area contributed by atoms with Gasteiger partial charge in [0, 0.05) is 10.5 Å². The smallest absolute Gasteiger partial charge is 0.340 e. The molecule has 0 radical (unpaired) electrons. The minimum Gasteiger partial charge on any atom is -0.493 e. The molecule has 2 aromatic rings. The van der Waals surface area contributed by atoms with Gasteiger partial charge in [-0.15, -0.1) is 0 Å². The zero-order valence-electron chi connectivity index (χ0n) is 14.7. The number of hydrogen-bond acceptors (Lipinski definition) is 5. The molecule has 1 N–H and O–H groups in total. The number of benzene rings is 2. The monoisotopic (exact) mass is 443 g/mol. The zero-order valence-corrected chi connectivity index (χ0v) is 16.3. The van der Waals surface area contributed by atoms with E-state index >= 15 is 0 Å². The van der Waals surface area contributed by atoms with Crippen molar-refractivity contribution in [1.29, 1.82) is 0 Å². The Hall–Kier alpha value is -2.68. The van der Waals surface area contributed by atoms with Crippen LogP contribution in [0.25, 0.3) is 0 Å². The number of rotatable bonds is 6. The number of methoxy groups -OCH3 is 3. The maximum Gasteiger partial charge on any atom is 0.340 e. The number of carbonyl (C=O) groups excluding carboxylic acids is 2. The van der Waals surface area contributed by atoms with Crippen LogP contribution in [0.4, 0.5) is 14.5 Å². The van der Waals surface area contributed by atoms with Crippen LogP contribution in [0, 0.1) is 11.6 Å². The number of amides is 1. The summed E-state index contributed by atoms with van der Waals surface area (Å²) >= 11 is 3.33. The van der Waals surface area contributed by atoms with E-state index in [0.717, 1.165) is 13.2 Å². The van der Waals surface area contributed by atoms with Gasteiger partial charge in [0.2, 0.25) is 5.91 Å². The van der Waals surface area contributed by atoms with Crippen LogP contribution in [0.1, 0.15) is 15.9 Å². The normalized spacial score (nSPS) is 10.3. The van der Waals surface area contributed by atoms with Crippen LogP contribution in [0.2, 0.25) is 0 Å². The van der Waals surface area contributed by atoms with E-state index in [0.29, 0.717) is 27.6 Å². The number of anilines is 1. The number of ether oxygens (including phenoxy) is 3. The first-order chi connectivity index (χ1) is 12.8. The molecule has 0 saturated carbocycles. The lowest BCUT2D eigenvalue weighted by Crippen LogP contribution is -2.17. The van der Waals surface area contributed by atoms with E-state index in [9.17, 15) is 18.4 Å². The minimum atomic E-state index is -1.08. The first-order valence-corrected chi connectivity index (χ1v) is 8.37. The largest absolute Gasteiger partial charge is 0.493 e. The summed E-state index contributed by atoms with van der Waals surface area (Å²) in [4.78, 5) is 23.8. The van der Waals surface area contributed by atoms with E-state index < -0.39 is 29.1 Å². The van der Waals surface area contributed by atoms with Crippen molar-refractivity contribution in [2.24, 2.45) is 0 Å². The van der Waals surface area contributed by atoms with Gasteiger partial charge in [-0.3, -0.25) is 4.79 Å². The summed E-state index contributed by atoms with van der Waals surface area (Å²) in [6, 6.07) is 4.63. The number of esters is 1. The van der Waals surface area contributed by atoms with Crippen LogP contribution < -0.4 is 14.8 Å². The van der Waals surface area contributed by atoms with Crippen molar-refractivity contribution in [2.45, 2.75) is 6.42 Å². The number of carbonyl (C=O) groups is 2. The predicted octanol–water partition coefficient (Wildman–Crippen LogP) is 3.71. The molecule has 144 valence electrons. The van der Waals surface area contributed by atoms with Gasteiger partial charge >= 0.3 is 5.97 Å². The second-order valence-electron chi connectivity index (χ2n) is 5.33. The molecular formula is C18H16BrF2NO5. The Balaban J connectivity index is 2.25. The molecule has 0 unspecified atom stereocenters. The molecule has 0 atom stereocenters. The first kappa shape index (κ1) is 20.6. The Bertz CT molecular complexity index is 889. The summed E-state index contributed by atoms with van der Waals surface area (Å²) < 4.78 is 43.0. The van der Waals surface area contributed by atoms with Crippen LogP contribution in [-0.2, 0) is 16.0 Å². The van der Waals surface area contributed by atoms with Crippen molar-refractivity contribution >= 4 is 33.5 Å². The van der Waals surface area contributed by atoms with Crippen molar-refractivity contribution in [2.75, 3.05) is 26.6 Å². The maximum absolute atomic E-state index is 13.9. The number of nitrogens with one attached hydrogen (secondary N) is 1. The Morgan fingerprint density at radius 1 is 1.00 bits per heavy atom. The fraction of sp³-hybridized carbons (Fsp3) is 0.222. The predicted molar refractivity (Wildman–Crippen MR) is 97.3 cm³/mol. The lowest BCUT2D eigenvalue weighted by molar-refractivity contribution is -0.115. The lowest BCUT2D eigenvalue weighted by atomic mass is 10.1. The summed E-state index contributed by atoms with van der Waals surface area (Å²) in [5.74, 6) is -2.76. The fourth-order valence-corrected chi connectivity index (χ4v) is 2.77.